The number of hydrogen-bond acceptors (Lipinski definition) is 6. The Labute approximate surface area is 120 Å². The molecule has 21 heavy (non-hydrogen) atoms. The van der Waals surface area contributed by atoms with Crippen molar-refractivity contribution in [3.05, 3.63) is 46.0 Å². The summed E-state index contributed by atoms with van der Waals surface area (Å²) in [7, 11) is -2.49. The fraction of sp³-hybridized carbons (Fsp3) is 0.273. The van der Waals surface area contributed by atoms with Crippen LogP contribution in [-0.4, -0.2) is 39.9 Å². The smallest absolute Gasteiger partial charge is 0.263 e. The van der Waals surface area contributed by atoms with Crippen molar-refractivity contribution >= 4 is 15.7 Å². The van der Waals surface area contributed by atoms with Crippen LogP contribution in [0.3, 0.4) is 0 Å². The molecule has 0 spiro atoms. The number of aryl methyl sites for hydroxylation is 1. The molecule has 0 aliphatic heterocycles. The number of aromatic amines is 1. The number of rotatable bonds is 5. The third kappa shape index (κ3) is 3.23. The first-order chi connectivity index (χ1) is 9.80. The van der Waals surface area contributed by atoms with Crippen molar-refractivity contribution in [3.8, 4) is 0 Å². The second-order valence-corrected chi connectivity index (χ2v) is 6.40. The van der Waals surface area contributed by atoms with Gasteiger partial charge in [-0.2, -0.15) is 9.40 Å². The van der Waals surface area contributed by atoms with Gasteiger partial charge in [0.15, 0.2) is 5.82 Å². The standard InChI is InChI=1S/C11H13N5O4S/c1-8-12-11(14-13-8)7-15(2)21(19,20)10-5-3-4-9(6-10)16(17)18/h3-6H,7H2,1-2H3,(H,12,13,14). The Morgan fingerprint density at radius 1 is 1.43 bits per heavy atom. The van der Waals surface area contributed by atoms with Gasteiger partial charge in [0.25, 0.3) is 5.69 Å². The molecule has 0 unspecified atom stereocenters. The van der Waals surface area contributed by atoms with Crippen LogP contribution < -0.4 is 0 Å². The number of aromatic nitrogens is 3. The Kier molecular flexibility index (Phi) is 4.00. The third-order valence-corrected chi connectivity index (χ3v) is 4.54. The topological polar surface area (TPSA) is 122 Å². The molecule has 0 fully saturated rings. The molecule has 0 saturated carbocycles. The van der Waals surface area contributed by atoms with E-state index in [-0.39, 0.29) is 17.1 Å². The van der Waals surface area contributed by atoms with Crippen molar-refractivity contribution in [2.45, 2.75) is 18.4 Å². The van der Waals surface area contributed by atoms with E-state index in [1.165, 1.54) is 25.2 Å². The summed E-state index contributed by atoms with van der Waals surface area (Å²) in [5, 5.41) is 17.2. The van der Waals surface area contributed by atoms with E-state index in [9.17, 15) is 18.5 Å². The molecule has 0 radical (unpaired) electrons. The monoisotopic (exact) mass is 311 g/mol. The first-order valence-corrected chi connectivity index (χ1v) is 7.33. The van der Waals surface area contributed by atoms with Gasteiger partial charge < -0.3 is 0 Å². The molecule has 1 aromatic carbocycles. The Morgan fingerprint density at radius 2 is 2.14 bits per heavy atom. The third-order valence-electron chi connectivity index (χ3n) is 2.74. The fourth-order valence-electron chi connectivity index (χ4n) is 1.68. The first-order valence-electron chi connectivity index (χ1n) is 5.89. The maximum absolute atomic E-state index is 12.4. The van der Waals surface area contributed by atoms with Gasteiger partial charge in [0, 0.05) is 19.2 Å². The van der Waals surface area contributed by atoms with Gasteiger partial charge in [0.05, 0.1) is 16.4 Å². The number of nitrogens with one attached hydrogen (secondary N) is 1. The second-order valence-electron chi connectivity index (χ2n) is 4.35. The summed E-state index contributed by atoms with van der Waals surface area (Å²) >= 11 is 0. The van der Waals surface area contributed by atoms with Gasteiger partial charge in [-0.05, 0) is 13.0 Å². The van der Waals surface area contributed by atoms with Gasteiger partial charge >= 0.3 is 0 Å². The van der Waals surface area contributed by atoms with Crippen LogP contribution in [0.15, 0.2) is 29.2 Å². The molecule has 1 N–H and O–H groups in total. The van der Waals surface area contributed by atoms with Gasteiger partial charge in [-0.1, -0.05) is 6.07 Å². The number of H-pyrrole nitrogens is 1. The van der Waals surface area contributed by atoms with E-state index in [1.54, 1.807) is 6.92 Å². The summed E-state index contributed by atoms with van der Waals surface area (Å²) in [6, 6.07) is 4.89. The van der Waals surface area contributed by atoms with Crippen LogP contribution in [0.4, 0.5) is 5.69 Å². The van der Waals surface area contributed by atoms with Crippen LogP contribution in [0.2, 0.25) is 0 Å². The van der Waals surface area contributed by atoms with Crippen molar-refractivity contribution in [2.75, 3.05) is 7.05 Å². The highest BCUT2D eigenvalue weighted by Crippen LogP contribution is 2.20. The van der Waals surface area contributed by atoms with Crippen LogP contribution in [0.25, 0.3) is 0 Å². The lowest BCUT2D eigenvalue weighted by atomic mass is 10.3. The first kappa shape index (κ1) is 15.1. The predicted molar refractivity (Wildman–Crippen MR) is 72.9 cm³/mol. The van der Waals surface area contributed by atoms with E-state index in [0.29, 0.717) is 11.6 Å². The molecule has 1 aromatic heterocycles. The summed E-state index contributed by atoms with van der Waals surface area (Å²) in [5.41, 5.74) is -0.279. The van der Waals surface area contributed by atoms with Crippen LogP contribution >= 0.6 is 0 Å². The lowest BCUT2D eigenvalue weighted by Crippen LogP contribution is -2.27. The lowest BCUT2D eigenvalue weighted by molar-refractivity contribution is -0.385. The average molecular weight is 311 g/mol. The number of nitro groups is 1. The molecule has 0 saturated heterocycles. The van der Waals surface area contributed by atoms with E-state index in [1.807, 2.05) is 0 Å². The molecule has 1 heterocycles. The molecule has 2 aromatic rings. The van der Waals surface area contributed by atoms with Crippen LogP contribution in [0, 0.1) is 17.0 Å². The zero-order chi connectivity index (χ0) is 15.6. The highest BCUT2D eigenvalue weighted by molar-refractivity contribution is 7.89. The van der Waals surface area contributed by atoms with Crippen molar-refractivity contribution < 1.29 is 13.3 Å². The van der Waals surface area contributed by atoms with Crippen molar-refractivity contribution in [3.63, 3.8) is 0 Å². The minimum Gasteiger partial charge on any atom is -0.263 e. The van der Waals surface area contributed by atoms with E-state index in [0.717, 1.165) is 10.4 Å². The summed E-state index contributed by atoms with van der Waals surface area (Å²) in [5.74, 6) is 0.898. The Hall–Kier alpha value is -2.33. The summed E-state index contributed by atoms with van der Waals surface area (Å²) < 4.78 is 25.7. The Morgan fingerprint density at radius 3 is 2.71 bits per heavy atom. The minimum atomic E-state index is -3.85. The van der Waals surface area contributed by atoms with E-state index >= 15 is 0 Å². The number of non-ortho nitro benzene ring substituents is 1. The van der Waals surface area contributed by atoms with Gasteiger partial charge in [0.2, 0.25) is 10.0 Å². The number of sulfonamides is 1. The molecule has 0 bridgehead atoms. The molecule has 0 aliphatic carbocycles. The largest absolute Gasteiger partial charge is 0.270 e. The molecule has 0 amide bonds. The van der Waals surface area contributed by atoms with Crippen LogP contribution in [0.1, 0.15) is 11.6 Å². The Balaban J connectivity index is 2.28. The number of nitro benzene ring substituents is 1. The maximum atomic E-state index is 12.4. The van der Waals surface area contributed by atoms with Crippen molar-refractivity contribution in [1.82, 2.24) is 19.5 Å². The molecule has 10 heteroatoms. The quantitative estimate of drug-likeness (QED) is 0.645. The zero-order valence-electron chi connectivity index (χ0n) is 11.3. The Bertz CT molecular complexity index is 770. The van der Waals surface area contributed by atoms with Crippen LogP contribution in [0.5, 0.6) is 0 Å². The van der Waals surface area contributed by atoms with Crippen molar-refractivity contribution in [2.24, 2.45) is 0 Å². The fourth-order valence-corrected chi connectivity index (χ4v) is 2.85. The molecular formula is C11H13N5O4S. The van der Waals surface area contributed by atoms with Gasteiger partial charge in [-0.3, -0.25) is 15.2 Å². The number of benzene rings is 1. The summed E-state index contributed by atoms with van der Waals surface area (Å²) in [4.78, 5) is 14.0. The summed E-state index contributed by atoms with van der Waals surface area (Å²) in [6.45, 7) is 1.67. The molecule has 0 aliphatic rings. The highest BCUT2D eigenvalue weighted by atomic mass is 32.2. The molecule has 112 valence electrons. The highest BCUT2D eigenvalue weighted by Gasteiger charge is 2.24. The molecule has 2 rings (SSSR count). The maximum Gasteiger partial charge on any atom is 0.270 e. The molecular weight excluding hydrogens is 298 g/mol. The second kappa shape index (κ2) is 5.58. The zero-order valence-corrected chi connectivity index (χ0v) is 12.2. The van der Waals surface area contributed by atoms with E-state index in [2.05, 4.69) is 15.2 Å². The van der Waals surface area contributed by atoms with E-state index < -0.39 is 14.9 Å². The molecule has 9 nitrogen and oxygen atoms in total. The average Bonchev–Trinajstić information content (AvgIpc) is 2.84. The predicted octanol–water partition coefficient (Wildman–Crippen LogP) is 0.842. The van der Waals surface area contributed by atoms with Gasteiger partial charge in [-0.15, -0.1) is 0 Å². The van der Waals surface area contributed by atoms with Crippen LogP contribution in [-0.2, 0) is 16.6 Å². The van der Waals surface area contributed by atoms with Gasteiger partial charge in [-0.25, -0.2) is 13.4 Å². The normalized spacial score (nSPS) is 11.8. The summed E-state index contributed by atoms with van der Waals surface area (Å²) in [6.07, 6.45) is 0. The minimum absolute atomic E-state index is 0.0324. The lowest BCUT2D eigenvalue weighted by Gasteiger charge is -2.15. The number of hydrogen-bond donors (Lipinski definition) is 1. The number of nitrogens with zero attached hydrogens (tertiary/aromatic N) is 4. The van der Waals surface area contributed by atoms with Crippen molar-refractivity contribution in [1.29, 1.82) is 0 Å². The van der Waals surface area contributed by atoms with E-state index in [4.69, 9.17) is 0 Å². The van der Waals surface area contributed by atoms with Gasteiger partial charge in [0.1, 0.15) is 5.82 Å². The molecule has 0 atom stereocenters. The SMILES string of the molecule is Cc1nc(CN(C)S(=O)(=O)c2cccc([N+](=O)[O-])c2)n[nH]1.